The summed E-state index contributed by atoms with van der Waals surface area (Å²) in [5, 5.41) is 6.57. The first-order valence-electron chi connectivity index (χ1n) is 20.8. The predicted molar refractivity (Wildman–Crippen MR) is 214 cm³/mol. The van der Waals surface area contributed by atoms with E-state index in [9.17, 15) is 19.2 Å². The quantitative estimate of drug-likeness (QED) is 0.155. The first kappa shape index (κ1) is 37.9. The maximum Gasteiger partial charge on any atom is 0.407 e. The lowest BCUT2D eigenvalue weighted by atomic mass is 9.94. The number of hydrogen-bond donors (Lipinski definition) is 4. The monoisotopic (exact) mass is 792 g/mol. The second kappa shape index (κ2) is 15.9. The minimum atomic E-state index is -0.581. The van der Waals surface area contributed by atoms with Crippen LogP contribution >= 0.6 is 0 Å². The van der Waals surface area contributed by atoms with Gasteiger partial charge in [-0.05, 0) is 100 Å². The highest BCUT2D eigenvalue weighted by Crippen LogP contribution is 2.40. The third-order valence-corrected chi connectivity index (χ3v) is 12.8. The molecule has 16 nitrogen and oxygen atoms in total. The van der Waals surface area contributed by atoms with Crippen molar-refractivity contribution < 1.29 is 28.7 Å². The number of carbonyl (C=O) groups is 4. The van der Waals surface area contributed by atoms with Crippen molar-refractivity contribution in [3.63, 3.8) is 0 Å². The van der Waals surface area contributed by atoms with E-state index in [0.717, 1.165) is 123 Å². The lowest BCUT2D eigenvalue weighted by molar-refractivity contribution is -0.135. The van der Waals surface area contributed by atoms with Gasteiger partial charge in [0, 0.05) is 61.1 Å². The third-order valence-electron chi connectivity index (χ3n) is 12.8. The molecule has 5 fully saturated rings. The normalized spacial score (nSPS) is 22.2. The Labute approximate surface area is 336 Å². The Morgan fingerprint density at radius 2 is 1.36 bits per heavy atom. The number of anilines is 1. The Morgan fingerprint density at radius 3 is 1.97 bits per heavy atom. The smallest absolute Gasteiger partial charge is 0.407 e. The maximum absolute atomic E-state index is 13.6. The largest absolute Gasteiger partial charge is 0.453 e. The molecule has 5 aliphatic rings. The molecular weight excluding hydrogens is 741 g/mol. The van der Waals surface area contributed by atoms with E-state index >= 15 is 0 Å². The van der Waals surface area contributed by atoms with Crippen molar-refractivity contribution in [1.29, 1.82) is 0 Å². The van der Waals surface area contributed by atoms with Crippen LogP contribution in [0, 0.1) is 11.8 Å². The van der Waals surface area contributed by atoms with Crippen LogP contribution in [-0.4, -0.2) is 111 Å². The van der Waals surface area contributed by atoms with E-state index in [1.807, 2.05) is 34.3 Å². The van der Waals surface area contributed by atoms with Crippen LogP contribution in [0.1, 0.15) is 99.6 Å². The SMILES string of the molecule is COC(=O)N[C@H](C(=O)N1CCC[C@H]1c1nc(-c2ccc3nc(N4CCC(c5cnc([C@@H]6CCCN6C(=O)[C@@H](NC(=O)OC)C6CC6)[nH]5)CC4)ccc3c2)c[nH]1)C1CC1. The minimum absolute atomic E-state index is 0.0494. The van der Waals surface area contributed by atoms with Gasteiger partial charge in [0.25, 0.3) is 0 Å². The first-order valence-corrected chi connectivity index (χ1v) is 20.8. The number of carbonyl (C=O) groups excluding carboxylic acids is 4. The number of rotatable bonds is 11. The predicted octanol–water partition coefficient (Wildman–Crippen LogP) is 5.33. The Bertz CT molecular complexity index is 2170. The average molecular weight is 793 g/mol. The lowest BCUT2D eigenvalue weighted by Gasteiger charge is -2.32. The molecule has 58 heavy (non-hydrogen) atoms. The van der Waals surface area contributed by atoms with Crippen LogP contribution in [0.5, 0.6) is 0 Å². The van der Waals surface area contributed by atoms with Crippen LogP contribution in [0.2, 0.25) is 0 Å². The van der Waals surface area contributed by atoms with E-state index < -0.39 is 24.3 Å². The second-order valence-electron chi connectivity index (χ2n) is 16.5. The summed E-state index contributed by atoms with van der Waals surface area (Å²) in [6.45, 7) is 3.00. The number of methoxy groups -OCH3 is 2. The third kappa shape index (κ3) is 7.67. The summed E-state index contributed by atoms with van der Waals surface area (Å²) in [6.07, 6.45) is 11.7. The Morgan fingerprint density at radius 1 is 0.741 bits per heavy atom. The standard InChI is InChI=1S/C42H52N10O6/c1-57-41(55)48-35(25-7-8-25)39(53)51-17-3-5-32(51)37-43-22-30(46-37)24-15-19-50(20-16-24)34-14-12-27-21-28(11-13-29(27)45-34)31-23-44-38(47-31)33-6-4-18-52(33)40(54)36(26-9-10-26)49-42(56)58-2/h11-14,21-26,32-33,35-36H,3-10,15-20H2,1-2H3,(H,43,46)(H,44,47)(H,48,55)(H,49,56)/t32-,33-,35-,36-/m0/s1. The molecule has 0 radical (unpaired) electrons. The van der Waals surface area contributed by atoms with Crippen LogP contribution in [-0.2, 0) is 19.1 Å². The van der Waals surface area contributed by atoms with Gasteiger partial charge in [-0.2, -0.15) is 0 Å². The number of aromatic amines is 2. The number of nitrogens with one attached hydrogen (secondary N) is 4. The van der Waals surface area contributed by atoms with Gasteiger partial charge in [-0.3, -0.25) is 9.59 Å². The number of hydrogen-bond acceptors (Lipinski definition) is 10. The van der Waals surface area contributed by atoms with Gasteiger partial charge < -0.3 is 44.8 Å². The van der Waals surface area contributed by atoms with Crippen molar-refractivity contribution in [2.45, 2.75) is 94.3 Å². The summed E-state index contributed by atoms with van der Waals surface area (Å²) in [7, 11) is 2.64. The van der Waals surface area contributed by atoms with Crippen molar-refractivity contribution in [1.82, 2.24) is 45.4 Å². The fourth-order valence-corrected chi connectivity index (χ4v) is 9.23. The zero-order chi connectivity index (χ0) is 39.9. The summed E-state index contributed by atoms with van der Waals surface area (Å²) < 4.78 is 9.60. The van der Waals surface area contributed by atoms with Crippen molar-refractivity contribution in [3.8, 4) is 11.3 Å². The van der Waals surface area contributed by atoms with Crippen molar-refractivity contribution >= 4 is 40.7 Å². The average Bonchev–Trinajstić information content (AvgIpc) is 3.97. The molecule has 3 aliphatic heterocycles. The Balaban J connectivity index is 0.818. The Hall–Kier alpha value is -5.67. The number of piperidine rings is 1. The van der Waals surface area contributed by atoms with Crippen LogP contribution in [0.25, 0.3) is 22.2 Å². The fraction of sp³-hybridized carbons (Fsp3) is 0.548. The molecule has 16 heteroatoms. The van der Waals surface area contributed by atoms with E-state index in [2.05, 4.69) is 43.7 Å². The number of nitrogens with zero attached hydrogens (tertiary/aromatic N) is 6. The number of H-pyrrole nitrogens is 2. The molecule has 4 amide bonds. The van der Waals surface area contributed by atoms with E-state index in [1.165, 1.54) is 14.2 Å². The van der Waals surface area contributed by atoms with E-state index in [1.54, 1.807) is 0 Å². The van der Waals surface area contributed by atoms with Crippen LogP contribution < -0.4 is 15.5 Å². The molecule has 0 unspecified atom stereocenters. The van der Waals surface area contributed by atoms with Gasteiger partial charge in [0.05, 0.1) is 37.5 Å². The summed E-state index contributed by atoms with van der Waals surface area (Å²) in [5.74, 6) is 3.04. The number of benzene rings is 1. The molecule has 0 bridgehead atoms. The summed E-state index contributed by atoms with van der Waals surface area (Å²) in [4.78, 5) is 79.0. The number of alkyl carbamates (subject to hydrolysis) is 2. The molecule has 6 heterocycles. The lowest BCUT2D eigenvalue weighted by Crippen LogP contribution is -2.49. The highest BCUT2D eigenvalue weighted by molar-refractivity contribution is 5.88. The number of amides is 4. The molecule has 306 valence electrons. The molecule has 9 rings (SSSR count). The van der Waals surface area contributed by atoms with Gasteiger partial charge in [-0.1, -0.05) is 6.07 Å². The van der Waals surface area contributed by atoms with Gasteiger partial charge in [0.2, 0.25) is 11.8 Å². The zero-order valence-electron chi connectivity index (χ0n) is 33.1. The van der Waals surface area contributed by atoms with Gasteiger partial charge in [-0.25, -0.2) is 24.5 Å². The highest BCUT2D eigenvalue weighted by Gasteiger charge is 2.45. The number of likely N-dealkylation sites (tertiary alicyclic amines) is 2. The van der Waals surface area contributed by atoms with Gasteiger partial charge in [0.1, 0.15) is 29.6 Å². The minimum Gasteiger partial charge on any atom is -0.453 e. The van der Waals surface area contributed by atoms with Gasteiger partial charge in [0.15, 0.2) is 0 Å². The number of pyridine rings is 1. The summed E-state index contributed by atoms with van der Waals surface area (Å²) in [5.41, 5.74) is 3.79. The molecule has 3 aromatic heterocycles. The summed E-state index contributed by atoms with van der Waals surface area (Å²) >= 11 is 0. The molecule has 1 aromatic carbocycles. The van der Waals surface area contributed by atoms with Crippen molar-refractivity contribution in [2.24, 2.45) is 11.8 Å². The maximum atomic E-state index is 13.6. The van der Waals surface area contributed by atoms with Crippen LogP contribution in [0.4, 0.5) is 15.4 Å². The van der Waals surface area contributed by atoms with Crippen LogP contribution in [0.15, 0.2) is 42.7 Å². The van der Waals surface area contributed by atoms with E-state index in [0.29, 0.717) is 19.0 Å². The Kier molecular flexibility index (Phi) is 10.4. The molecule has 3 saturated heterocycles. The van der Waals surface area contributed by atoms with Crippen LogP contribution in [0.3, 0.4) is 0 Å². The molecule has 2 aliphatic carbocycles. The highest BCUT2D eigenvalue weighted by atomic mass is 16.5. The molecule has 4 atom stereocenters. The summed E-state index contributed by atoms with van der Waals surface area (Å²) in [6, 6.07) is 8.97. The molecule has 4 N–H and O–H groups in total. The zero-order valence-corrected chi connectivity index (χ0v) is 33.1. The first-order chi connectivity index (χ1) is 28.3. The molecular formula is C42H52N10O6. The van der Waals surface area contributed by atoms with Crippen molar-refractivity contribution in [2.75, 3.05) is 45.3 Å². The van der Waals surface area contributed by atoms with Crippen molar-refractivity contribution in [3.05, 3.63) is 60.1 Å². The van der Waals surface area contributed by atoms with E-state index in [-0.39, 0.29) is 35.7 Å². The molecule has 2 saturated carbocycles. The fourth-order valence-electron chi connectivity index (χ4n) is 9.23. The number of imidazole rings is 2. The van der Waals surface area contributed by atoms with Gasteiger partial charge >= 0.3 is 12.2 Å². The molecule has 4 aromatic rings. The van der Waals surface area contributed by atoms with Gasteiger partial charge in [-0.15, -0.1) is 0 Å². The number of aromatic nitrogens is 5. The molecule has 0 spiro atoms. The topological polar surface area (TPSA) is 191 Å². The van der Waals surface area contributed by atoms with E-state index in [4.69, 9.17) is 24.4 Å². The number of fused-ring (bicyclic) bond motifs is 1. The second-order valence-corrected chi connectivity index (χ2v) is 16.5. The number of ether oxygens (including phenoxy) is 2.